The molecule has 0 bridgehead atoms. The molecule has 1 fully saturated rings. The maximum absolute atomic E-state index is 14.2. The zero-order valence-corrected chi connectivity index (χ0v) is 17.5. The van der Waals surface area contributed by atoms with Crippen LogP contribution in [0.25, 0.3) is 0 Å². The molecule has 1 N–H and O–H groups in total. The molecule has 1 aromatic carbocycles. The number of nitrogens with zero attached hydrogens (tertiary/aromatic N) is 4. The first kappa shape index (κ1) is 23.2. The van der Waals surface area contributed by atoms with Crippen LogP contribution in [0, 0.1) is 5.82 Å². The molecule has 10 heteroatoms. The van der Waals surface area contributed by atoms with E-state index in [1.54, 1.807) is 18.2 Å². The molecule has 1 aromatic heterocycles. The summed E-state index contributed by atoms with van der Waals surface area (Å²) in [6.45, 7) is 7.54. The van der Waals surface area contributed by atoms with Crippen molar-refractivity contribution in [2.45, 2.75) is 26.1 Å². The zero-order chi connectivity index (χ0) is 22.4. The van der Waals surface area contributed by atoms with E-state index in [0.29, 0.717) is 18.2 Å². The van der Waals surface area contributed by atoms with Crippen LogP contribution in [0.2, 0.25) is 0 Å². The van der Waals surface area contributed by atoms with Crippen LogP contribution in [0.5, 0.6) is 0 Å². The predicted octanol–water partition coefficient (Wildman–Crippen LogP) is 3.24. The molecule has 0 radical (unpaired) electrons. The average molecular weight is 441 g/mol. The fraction of sp³-hybridized carbons (Fsp3) is 0.524. The van der Waals surface area contributed by atoms with Crippen LogP contribution in [0.3, 0.4) is 0 Å². The first-order valence-electron chi connectivity index (χ1n) is 10.4. The minimum Gasteiger partial charge on any atom is -0.332 e. The van der Waals surface area contributed by atoms with E-state index in [-0.39, 0.29) is 18.8 Å². The topological polar surface area (TPSA) is 55.5 Å². The van der Waals surface area contributed by atoms with Crippen molar-refractivity contribution in [3.05, 3.63) is 53.1 Å². The van der Waals surface area contributed by atoms with Crippen molar-refractivity contribution in [2.24, 2.45) is 0 Å². The van der Waals surface area contributed by atoms with Gasteiger partial charge in [0.05, 0.1) is 0 Å². The van der Waals surface area contributed by atoms with Gasteiger partial charge in [0.25, 0.3) is 5.91 Å². The van der Waals surface area contributed by atoms with Crippen LogP contribution in [0.4, 0.5) is 17.6 Å². The second-order valence-electron chi connectivity index (χ2n) is 7.67. The fourth-order valence-corrected chi connectivity index (χ4v) is 3.65. The Morgan fingerprint density at radius 1 is 1.13 bits per heavy atom. The number of carbonyl (C=O) groups excluding carboxylic acids is 1. The molecule has 1 aliphatic rings. The van der Waals surface area contributed by atoms with Crippen molar-refractivity contribution in [3.8, 4) is 0 Å². The van der Waals surface area contributed by atoms with Gasteiger partial charge >= 0.3 is 6.18 Å². The molecule has 2 aromatic rings. The number of hydrogen-bond acceptors (Lipinski definition) is 4. The quantitative estimate of drug-likeness (QED) is 0.639. The lowest BCUT2D eigenvalue weighted by Crippen LogP contribution is -2.49. The normalized spacial score (nSPS) is 15.9. The Balaban J connectivity index is 1.70. The van der Waals surface area contributed by atoms with Crippen molar-refractivity contribution in [3.63, 3.8) is 0 Å². The molecule has 170 valence electrons. The van der Waals surface area contributed by atoms with Gasteiger partial charge in [-0.15, -0.1) is 0 Å². The molecular weight excluding hydrogens is 414 g/mol. The predicted molar refractivity (Wildman–Crippen MR) is 108 cm³/mol. The monoisotopic (exact) mass is 441 g/mol. The molecule has 0 atom stereocenters. The van der Waals surface area contributed by atoms with E-state index in [4.69, 9.17) is 0 Å². The number of piperazine rings is 1. The molecule has 0 unspecified atom stereocenters. The molecule has 1 aliphatic heterocycles. The van der Waals surface area contributed by atoms with Crippen LogP contribution >= 0.6 is 0 Å². The average Bonchev–Trinajstić information content (AvgIpc) is 3.24. The zero-order valence-electron chi connectivity index (χ0n) is 17.5. The van der Waals surface area contributed by atoms with Crippen LogP contribution < -0.4 is 0 Å². The molecule has 0 saturated carbocycles. The lowest BCUT2D eigenvalue weighted by Gasteiger charge is -2.35. The van der Waals surface area contributed by atoms with Crippen molar-refractivity contribution in [2.75, 3.05) is 45.8 Å². The number of aromatic amines is 1. The third-order valence-electron chi connectivity index (χ3n) is 5.40. The van der Waals surface area contributed by atoms with E-state index in [2.05, 4.69) is 26.9 Å². The van der Waals surface area contributed by atoms with Crippen LogP contribution in [-0.4, -0.2) is 76.6 Å². The summed E-state index contributed by atoms with van der Waals surface area (Å²) in [6.07, 6.45) is -3.56. The molecule has 0 aliphatic carbocycles. The highest BCUT2D eigenvalue weighted by atomic mass is 19.4. The minimum absolute atomic E-state index is 0.0400. The third-order valence-corrected chi connectivity index (χ3v) is 5.40. The molecule has 31 heavy (non-hydrogen) atoms. The van der Waals surface area contributed by atoms with E-state index in [9.17, 15) is 22.4 Å². The highest BCUT2D eigenvalue weighted by Gasteiger charge is 2.35. The SMILES string of the molecule is CCCN1CCN(CCN(Cc2ccccc2F)C(=O)c2cc(C(F)(F)F)n[nH]2)CC1. The summed E-state index contributed by atoms with van der Waals surface area (Å²) in [6, 6.07) is 6.76. The van der Waals surface area contributed by atoms with Crippen molar-refractivity contribution >= 4 is 5.91 Å². The summed E-state index contributed by atoms with van der Waals surface area (Å²) >= 11 is 0. The van der Waals surface area contributed by atoms with E-state index >= 15 is 0 Å². The Kier molecular flexibility index (Phi) is 7.66. The molecule has 6 nitrogen and oxygen atoms in total. The Hall–Kier alpha value is -2.46. The summed E-state index contributed by atoms with van der Waals surface area (Å²) < 4.78 is 52.8. The highest BCUT2D eigenvalue weighted by molar-refractivity contribution is 5.92. The van der Waals surface area contributed by atoms with Gasteiger partial charge in [-0.2, -0.15) is 18.3 Å². The molecular formula is C21H27F4N5O. The third kappa shape index (κ3) is 6.27. The van der Waals surface area contributed by atoms with Crippen LogP contribution in [0.15, 0.2) is 30.3 Å². The second kappa shape index (κ2) is 10.2. The van der Waals surface area contributed by atoms with Gasteiger partial charge in [0.1, 0.15) is 11.5 Å². The Morgan fingerprint density at radius 3 is 2.35 bits per heavy atom. The smallest absolute Gasteiger partial charge is 0.332 e. The number of nitrogens with one attached hydrogen (secondary N) is 1. The first-order chi connectivity index (χ1) is 14.8. The van der Waals surface area contributed by atoms with Crippen LogP contribution in [0.1, 0.15) is 35.1 Å². The van der Waals surface area contributed by atoms with Gasteiger partial charge in [0.15, 0.2) is 5.69 Å². The van der Waals surface area contributed by atoms with Crippen molar-refractivity contribution in [1.29, 1.82) is 0 Å². The summed E-state index contributed by atoms with van der Waals surface area (Å²) in [5, 5.41) is 5.38. The summed E-state index contributed by atoms with van der Waals surface area (Å²) in [5.41, 5.74) is -1.12. The number of halogens is 4. The van der Waals surface area contributed by atoms with Crippen LogP contribution in [-0.2, 0) is 12.7 Å². The lowest BCUT2D eigenvalue weighted by molar-refractivity contribution is -0.141. The number of carbonyl (C=O) groups is 1. The summed E-state index contributed by atoms with van der Waals surface area (Å²) in [5.74, 6) is -1.11. The van der Waals surface area contributed by atoms with E-state index < -0.39 is 23.6 Å². The van der Waals surface area contributed by atoms with E-state index in [0.717, 1.165) is 39.1 Å². The lowest BCUT2D eigenvalue weighted by atomic mass is 10.2. The van der Waals surface area contributed by atoms with Gasteiger partial charge in [-0.25, -0.2) is 4.39 Å². The van der Waals surface area contributed by atoms with Gasteiger partial charge in [-0.1, -0.05) is 25.1 Å². The molecule has 1 amide bonds. The molecule has 0 spiro atoms. The second-order valence-corrected chi connectivity index (χ2v) is 7.67. The standard InChI is InChI=1S/C21H27F4N5O/c1-2-7-28-8-10-29(11-9-28)12-13-30(15-16-5-3-4-6-17(16)22)20(31)18-14-19(27-26-18)21(23,24)25/h3-6,14H,2,7-13,15H2,1H3,(H,26,27). The largest absolute Gasteiger partial charge is 0.435 e. The molecule has 2 heterocycles. The Bertz CT molecular complexity index is 861. The number of rotatable bonds is 8. The van der Waals surface area contributed by atoms with E-state index in [1.165, 1.54) is 11.0 Å². The number of H-pyrrole nitrogens is 1. The van der Waals surface area contributed by atoms with E-state index in [1.807, 2.05) is 0 Å². The molecule has 3 rings (SSSR count). The van der Waals surface area contributed by atoms with Gasteiger partial charge in [0, 0.05) is 57.4 Å². The summed E-state index contributed by atoms with van der Waals surface area (Å²) in [4.78, 5) is 18.9. The number of benzene rings is 1. The highest BCUT2D eigenvalue weighted by Crippen LogP contribution is 2.28. The number of alkyl halides is 3. The Morgan fingerprint density at radius 2 is 1.77 bits per heavy atom. The van der Waals surface area contributed by atoms with Gasteiger partial charge < -0.3 is 9.80 Å². The van der Waals surface area contributed by atoms with Crippen molar-refractivity contribution in [1.82, 2.24) is 24.9 Å². The van der Waals surface area contributed by atoms with Gasteiger partial charge in [0.2, 0.25) is 0 Å². The molecule has 1 saturated heterocycles. The van der Waals surface area contributed by atoms with Gasteiger partial charge in [-0.05, 0) is 19.0 Å². The number of hydrogen-bond donors (Lipinski definition) is 1. The maximum atomic E-state index is 14.2. The summed E-state index contributed by atoms with van der Waals surface area (Å²) in [7, 11) is 0. The fourth-order valence-electron chi connectivity index (χ4n) is 3.65. The number of aromatic nitrogens is 2. The minimum atomic E-state index is -4.65. The van der Waals surface area contributed by atoms with Crippen molar-refractivity contribution < 1.29 is 22.4 Å². The van der Waals surface area contributed by atoms with Gasteiger partial charge in [-0.3, -0.25) is 14.8 Å². The first-order valence-corrected chi connectivity index (χ1v) is 10.4. The maximum Gasteiger partial charge on any atom is 0.435 e. The number of amides is 1. The Labute approximate surface area is 178 Å².